The van der Waals surface area contributed by atoms with Crippen molar-refractivity contribution in [2.75, 3.05) is 26.9 Å². The number of methoxy groups -OCH3 is 1. The van der Waals surface area contributed by atoms with E-state index in [0.717, 1.165) is 31.4 Å². The van der Waals surface area contributed by atoms with Crippen LogP contribution in [0.1, 0.15) is 47.0 Å². The zero-order chi connectivity index (χ0) is 19.8. The quantitative estimate of drug-likeness (QED) is 0.303. The smallest absolute Gasteiger partial charge is 0.234 e. The van der Waals surface area contributed by atoms with Gasteiger partial charge in [-0.05, 0) is 44.3 Å². The van der Waals surface area contributed by atoms with Crippen molar-refractivity contribution in [1.82, 2.24) is 0 Å². The van der Waals surface area contributed by atoms with Gasteiger partial charge in [-0.3, -0.25) is 0 Å². The van der Waals surface area contributed by atoms with Crippen molar-refractivity contribution in [3.05, 3.63) is 23.7 Å². The van der Waals surface area contributed by atoms with Gasteiger partial charge in [0.1, 0.15) is 0 Å². The molecule has 0 aromatic heterocycles. The Morgan fingerprint density at radius 2 is 1.88 bits per heavy atom. The van der Waals surface area contributed by atoms with Crippen LogP contribution in [0.4, 0.5) is 0 Å². The van der Waals surface area contributed by atoms with Crippen LogP contribution in [0, 0.1) is 0 Å². The highest BCUT2D eigenvalue weighted by Crippen LogP contribution is 2.36. The van der Waals surface area contributed by atoms with Crippen molar-refractivity contribution in [3.8, 4) is 0 Å². The molecule has 26 heavy (non-hydrogen) atoms. The summed E-state index contributed by atoms with van der Waals surface area (Å²) in [6.45, 7) is 18.5. The summed E-state index contributed by atoms with van der Waals surface area (Å²) in [4.78, 5) is 0. The van der Waals surface area contributed by atoms with Crippen LogP contribution in [-0.4, -0.2) is 41.5 Å². The summed E-state index contributed by atoms with van der Waals surface area (Å²) in [6.07, 6.45) is 2.98. The summed E-state index contributed by atoms with van der Waals surface area (Å²) in [5, 5.41) is 8.44. The Hall–Kier alpha value is -1.02. The predicted octanol–water partition coefficient (Wildman–Crippen LogP) is 5.40. The van der Waals surface area contributed by atoms with Crippen molar-refractivity contribution in [2.24, 2.45) is 10.2 Å². The third-order valence-electron chi connectivity index (χ3n) is 4.87. The lowest BCUT2D eigenvalue weighted by molar-refractivity contribution is -0.157. The molecular weight excluding hydrogens is 348 g/mol. The van der Waals surface area contributed by atoms with Crippen molar-refractivity contribution in [1.29, 1.82) is 0 Å². The van der Waals surface area contributed by atoms with E-state index >= 15 is 0 Å². The molecule has 7 heteroatoms. The highest BCUT2D eigenvalue weighted by molar-refractivity contribution is 6.74. The Morgan fingerprint density at radius 3 is 2.42 bits per heavy atom. The highest BCUT2D eigenvalue weighted by Gasteiger charge is 2.37. The SMILES string of the molecule is C=C(COC1CCCCO1)/N=N\C(OC)=C(/C)CO[Si](C)(C)C(C)(C)C. The van der Waals surface area contributed by atoms with Gasteiger partial charge in [0.2, 0.25) is 5.88 Å². The van der Waals surface area contributed by atoms with Gasteiger partial charge in [-0.15, -0.1) is 5.11 Å². The van der Waals surface area contributed by atoms with Crippen LogP contribution in [0.15, 0.2) is 34.0 Å². The third-order valence-corrected chi connectivity index (χ3v) is 9.35. The van der Waals surface area contributed by atoms with Crippen molar-refractivity contribution < 1.29 is 18.6 Å². The fourth-order valence-electron chi connectivity index (χ4n) is 2.04. The molecule has 1 saturated heterocycles. The van der Waals surface area contributed by atoms with E-state index in [1.165, 1.54) is 0 Å². The minimum Gasteiger partial charge on any atom is -0.480 e. The molecule has 0 aromatic carbocycles. The average molecular weight is 385 g/mol. The fourth-order valence-corrected chi connectivity index (χ4v) is 3.05. The Morgan fingerprint density at radius 1 is 1.19 bits per heavy atom. The van der Waals surface area contributed by atoms with Crippen molar-refractivity contribution in [3.63, 3.8) is 0 Å². The molecule has 0 aromatic rings. The lowest BCUT2D eigenvalue weighted by Crippen LogP contribution is -2.41. The van der Waals surface area contributed by atoms with E-state index in [4.69, 9.17) is 18.6 Å². The van der Waals surface area contributed by atoms with Gasteiger partial charge in [0.15, 0.2) is 14.6 Å². The number of hydrogen-bond donors (Lipinski definition) is 0. The highest BCUT2D eigenvalue weighted by atomic mass is 28.4. The van der Waals surface area contributed by atoms with Crippen LogP contribution in [0.3, 0.4) is 0 Å². The van der Waals surface area contributed by atoms with Gasteiger partial charge < -0.3 is 18.6 Å². The summed E-state index contributed by atoms with van der Waals surface area (Å²) in [6, 6.07) is 0. The first-order valence-electron chi connectivity index (χ1n) is 9.27. The molecule has 0 aliphatic carbocycles. The lowest BCUT2D eigenvalue weighted by Gasteiger charge is -2.36. The number of azo groups is 1. The summed E-state index contributed by atoms with van der Waals surface area (Å²) < 4.78 is 22.7. The molecule has 0 saturated carbocycles. The van der Waals surface area contributed by atoms with Gasteiger partial charge >= 0.3 is 0 Å². The van der Waals surface area contributed by atoms with Gasteiger partial charge in [-0.1, -0.05) is 27.4 Å². The molecule has 0 amide bonds. The molecule has 0 spiro atoms. The van der Waals surface area contributed by atoms with E-state index in [-0.39, 0.29) is 11.3 Å². The van der Waals surface area contributed by atoms with E-state index < -0.39 is 8.32 Å². The van der Waals surface area contributed by atoms with Crippen LogP contribution in [-0.2, 0) is 18.6 Å². The Labute approximate surface area is 159 Å². The Kier molecular flexibility index (Phi) is 9.16. The number of hydrogen-bond acceptors (Lipinski definition) is 6. The maximum absolute atomic E-state index is 6.21. The third kappa shape index (κ3) is 7.69. The second kappa shape index (κ2) is 10.3. The summed E-state index contributed by atoms with van der Waals surface area (Å²) in [7, 11) is -0.234. The zero-order valence-corrected chi connectivity index (χ0v) is 18.6. The topological polar surface area (TPSA) is 61.6 Å². The van der Waals surface area contributed by atoms with Crippen LogP contribution in [0.2, 0.25) is 18.1 Å². The first-order valence-corrected chi connectivity index (χ1v) is 12.2. The molecule has 1 aliphatic heterocycles. The summed E-state index contributed by atoms with van der Waals surface area (Å²) in [5.74, 6) is 0.457. The van der Waals surface area contributed by atoms with Crippen molar-refractivity contribution >= 4 is 8.32 Å². The largest absolute Gasteiger partial charge is 0.480 e. The summed E-state index contributed by atoms with van der Waals surface area (Å²) >= 11 is 0. The molecule has 0 radical (unpaired) electrons. The zero-order valence-electron chi connectivity index (χ0n) is 17.6. The monoisotopic (exact) mass is 384 g/mol. The van der Waals surface area contributed by atoms with Gasteiger partial charge in [0.25, 0.3) is 0 Å². The molecule has 150 valence electrons. The number of nitrogens with zero attached hydrogens (tertiary/aromatic N) is 2. The maximum Gasteiger partial charge on any atom is 0.234 e. The second-order valence-electron chi connectivity index (χ2n) is 8.21. The second-order valence-corrected chi connectivity index (χ2v) is 13.0. The minimum absolute atomic E-state index is 0.159. The van der Waals surface area contributed by atoms with Crippen LogP contribution >= 0.6 is 0 Å². The first kappa shape index (κ1) is 23.0. The summed E-state index contributed by atoms with van der Waals surface area (Å²) in [5.41, 5.74) is 1.44. The molecule has 1 heterocycles. The minimum atomic E-state index is -1.82. The van der Waals surface area contributed by atoms with E-state index in [0.29, 0.717) is 24.8 Å². The van der Waals surface area contributed by atoms with Gasteiger partial charge in [-0.25, -0.2) is 0 Å². The molecule has 0 N–H and O–H groups in total. The lowest BCUT2D eigenvalue weighted by atomic mass is 10.2. The first-order chi connectivity index (χ1) is 12.1. The Bertz CT molecular complexity index is 518. The standard InChI is InChI=1S/C19H36N2O4Si/c1-15(13-25-26(7,8)19(3,4)5)18(22-6)21-20-16(2)14-24-17-11-9-10-12-23-17/h17H,2,9-14H2,1,3-8H3/b18-15-,21-20-. The molecule has 1 aliphatic rings. The van der Waals surface area contributed by atoms with E-state index in [9.17, 15) is 0 Å². The molecule has 1 atom stereocenters. The van der Waals surface area contributed by atoms with Crippen LogP contribution < -0.4 is 0 Å². The fraction of sp³-hybridized carbons (Fsp3) is 0.789. The predicted molar refractivity (Wildman–Crippen MR) is 106 cm³/mol. The van der Waals surface area contributed by atoms with E-state index in [1.54, 1.807) is 7.11 Å². The molecule has 1 rings (SSSR count). The van der Waals surface area contributed by atoms with Crippen LogP contribution in [0.25, 0.3) is 0 Å². The molecule has 1 unspecified atom stereocenters. The normalized spacial score (nSPS) is 20.2. The van der Waals surface area contributed by atoms with E-state index in [2.05, 4.69) is 50.7 Å². The van der Waals surface area contributed by atoms with Crippen molar-refractivity contribution in [2.45, 2.75) is 71.4 Å². The van der Waals surface area contributed by atoms with Gasteiger partial charge in [0.05, 0.1) is 26.0 Å². The molecule has 6 nitrogen and oxygen atoms in total. The number of ether oxygens (including phenoxy) is 3. The van der Waals surface area contributed by atoms with Crippen LogP contribution in [0.5, 0.6) is 0 Å². The maximum atomic E-state index is 6.21. The molecular formula is C19H36N2O4Si. The van der Waals surface area contributed by atoms with E-state index in [1.807, 2.05) is 6.92 Å². The average Bonchev–Trinajstić information content (AvgIpc) is 2.58. The molecule has 1 fully saturated rings. The molecule has 0 bridgehead atoms. The van der Waals surface area contributed by atoms with Gasteiger partial charge in [0, 0.05) is 12.2 Å². The van der Waals surface area contributed by atoms with Gasteiger partial charge in [-0.2, -0.15) is 5.11 Å². The Balaban J connectivity index is 2.55. The number of rotatable bonds is 9.